The number of nitrogens with zero attached hydrogens (tertiary/aromatic N) is 1. The molecule has 0 saturated heterocycles. The lowest BCUT2D eigenvalue weighted by Gasteiger charge is -2.32. The summed E-state index contributed by atoms with van der Waals surface area (Å²) >= 11 is 0. The van der Waals surface area contributed by atoms with Crippen molar-refractivity contribution in [2.24, 2.45) is 0 Å². The molecule has 0 fully saturated rings. The Morgan fingerprint density at radius 3 is 2.23 bits per heavy atom. The highest BCUT2D eigenvalue weighted by Crippen LogP contribution is 2.18. The van der Waals surface area contributed by atoms with Crippen molar-refractivity contribution in [1.29, 1.82) is 5.26 Å². The Morgan fingerprint density at radius 2 is 1.63 bits per heavy atom. The highest BCUT2D eigenvalue weighted by atomic mass is 16.6. The van der Waals surface area contributed by atoms with Crippen LogP contribution in [-0.4, -0.2) is 41.8 Å². The van der Waals surface area contributed by atoms with Crippen LogP contribution in [-0.2, 0) is 31.9 Å². The lowest BCUT2D eigenvalue weighted by Crippen LogP contribution is -2.61. The number of hydrogen-bond donors (Lipinski definition) is 2. The van der Waals surface area contributed by atoms with Crippen LogP contribution in [0.4, 0.5) is 4.79 Å². The first-order valence-corrected chi connectivity index (χ1v) is 11.5. The molecule has 2 unspecified atom stereocenters. The number of alkyl carbamates (subject to hydrolysis) is 1. The van der Waals surface area contributed by atoms with Gasteiger partial charge < -0.3 is 20.1 Å². The Labute approximate surface area is 206 Å². The van der Waals surface area contributed by atoms with Crippen LogP contribution in [0.15, 0.2) is 54.6 Å². The van der Waals surface area contributed by atoms with Gasteiger partial charge in [-0.25, -0.2) is 9.59 Å². The molecule has 2 rings (SSSR count). The molecule has 0 aliphatic rings. The van der Waals surface area contributed by atoms with Crippen molar-refractivity contribution in [3.63, 3.8) is 0 Å². The molecule has 0 aliphatic carbocycles. The molecule has 35 heavy (non-hydrogen) atoms. The van der Waals surface area contributed by atoms with Crippen LogP contribution in [0.3, 0.4) is 0 Å². The molecule has 0 spiro atoms. The van der Waals surface area contributed by atoms with E-state index >= 15 is 0 Å². The zero-order valence-electron chi connectivity index (χ0n) is 20.9. The minimum atomic E-state index is -1.44. The molecule has 0 saturated carbocycles. The van der Waals surface area contributed by atoms with E-state index in [1.54, 1.807) is 58.9 Å². The number of nitrogens with one attached hydrogen (secondary N) is 2. The van der Waals surface area contributed by atoms with Crippen LogP contribution >= 0.6 is 0 Å². The van der Waals surface area contributed by atoms with Gasteiger partial charge in [0.15, 0.2) is 0 Å². The molecule has 0 aromatic heterocycles. The van der Waals surface area contributed by atoms with Gasteiger partial charge in [0.05, 0.1) is 18.2 Å². The van der Waals surface area contributed by atoms with Crippen LogP contribution in [0.2, 0.25) is 0 Å². The van der Waals surface area contributed by atoms with Gasteiger partial charge in [0.25, 0.3) is 0 Å². The number of esters is 1. The minimum Gasteiger partial charge on any atom is -0.464 e. The van der Waals surface area contributed by atoms with E-state index in [4.69, 9.17) is 9.47 Å². The van der Waals surface area contributed by atoms with Crippen molar-refractivity contribution in [3.05, 3.63) is 71.3 Å². The van der Waals surface area contributed by atoms with Crippen molar-refractivity contribution in [1.82, 2.24) is 10.6 Å². The number of benzene rings is 2. The lowest BCUT2D eigenvalue weighted by molar-refractivity contribution is -0.148. The summed E-state index contributed by atoms with van der Waals surface area (Å²) in [7, 11) is 0. The molecule has 2 N–H and O–H groups in total. The molecular weight excluding hydrogens is 446 g/mol. The molecule has 2 amide bonds. The second-order valence-electron chi connectivity index (χ2n) is 9.37. The van der Waals surface area contributed by atoms with Crippen molar-refractivity contribution in [2.45, 2.75) is 64.6 Å². The fourth-order valence-electron chi connectivity index (χ4n) is 3.50. The van der Waals surface area contributed by atoms with E-state index in [-0.39, 0.29) is 19.4 Å². The number of carbonyl (C=O) groups is 3. The molecule has 0 aliphatic heterocycles. The maximum absolute atomic E-state index is 13.6. The Bertz CT molecular complexity index is 1070. The normalized spacial score (nSPS) is 13.5. The molecule has 186 valence electrons. The van der Waals surface area contributed by atoms with Gasteiger partial charge in [0.1, 0.15) is 17.2 Å². The molecule has 8 heteroatoms. The lowest BCUT2D eigenvalue weighted by atomic mass is 9.91. The standard InChI is InChI=1S/C27H33N3O5/c1-6-34-23(31)22(16-20-14-10-11-15-21(20)18-28)29-24(32)27(5,17-19-12-8-7-9-13-19)30-25(33)35-26(2,3)4/h7-15,22H,6,16-17H2,1-5H3,(H,29,32)(H,30,33). The Hall–Kier alpha value is -3.86. The van der Waals surface area contributed by atoms with Crippen LogP contribution in [0.25, 0.3) is 0 Å². The summed E-state index contributed by atoms with van der Waals surface area (Å²) in [6, 6.07) is 17.1. The summed E-state index contributed by atoms with van der Waals surface area (Å²) in [6.45, 7) is 8.55. The third-order valence-electron chi connectivity index (χ3n) is 5.12. The van der Waals surface area contributed by atoms with Gasteiger partial charge >= 0.3 is 12.1 Å². The van der Waals surface area contributed by atoms with Gasteiger partial charge in [-0.05, 0) is 51.8 Å². The maximum Gasteiger partial charge on any atom is 0.408 e. The summed E-state index contributed by atoms with van der Waals surface area (Å²) in [4.78, 5) is 39.0. The quantitative estimate of drug-likeness (QED) is 0.530. The largest absolute Gasteiger partial charge is 0.464 e. The van der Waals surface area contributed by atoms with Gasteiger partial charge in [-0.1, -0.05) is 48.5 Å². The zero-order chi connectivity index (χ0) is 26.1. The number of nitriles is 1. The molecule has 0 bridgehead atoms. The van der Waals surface area contributed by atoms with Crippen molar-refractivity contribution >= 4 is 18.0 Å². The van der Waals surface area contributed by atoms with Crippen molar-refractivity contribution < 1.29 is 23.9 Å². The number of amides is 2. The first-order chi connectivity index (χ1) is 16.5. The van der Waals surface area contributed by atoms with E-state index in [1.807, 2.05) is 30.3 Å². The third-order valence-corrected chi connectivity index (χ3v) is 5.12. The summed E-state index contributed by atoms with van der Waals surface area (Å²) in [6.07, 6.45) is -0.542. The van der Waals surface area contributed by atoms with Crippen molar-refractivity contribution in [3.8, 4) is 6.07 Å². The van der Waals surface area contributed by atoms with Crippen LogP contribution in [0, 0.1) is 11.3 Å². The number of rotatable bonds is 9. The zero-order valence-corrected chi connectivity index (χ0v) is 20.9. The Morgan fingerprint density at radius 1 is 1.00 bits per heavy atom. The number of ether oxygens (including phenoxy) is 2. The van der Waals surface area contributed by atoms with E-state index < -0.39 is 35.2 Å². The molecule has 0 heterocycles. The van der Waals surface area contributed by atoms with E-state index in [2.05, 4.69) is 16.7 Å². The van der Waals surface area contributed by atoms with E-state index in [1.165, 1.54) is 0 Å². The van der Waals surface area contributed by atoms with E-state index in [0.29, 0.717) is 11.1 Å². The highest BCUT2D eigenvalue weighted by molar-refractivity contribution is 5.93. The second kappa shape index (κ2) is 12.0. The molecule has 0 radical (unpaired) electrons. The molecule has 2 aromatic carbocycles. The molecule has 8 nitrogen and oxygen atoms in total. The van der Waals surface area contributed by atoms with Gasteiger partial charge in [0, 0.05) is 12.8 Å². The first-order valence-electron chi connectivity index (χ1n) is 11.5. The predicted octanol–water partition coefficient (Wildman–Crippen LogP) is 3.67. The monoisotopic (exact) mass is 479 g/mol. The van der Waals surface area contributed by atoms with Crippen LogP contribution < -0.4 is 10.6 Å². The average Bonchev–Trinajstić information content (AvgIpc) is 2.78. The van der Waals surface area contributed by atoms with E-state index in [0.717, 1.165) is 5.56 Å². The van der Waals surface area contributed by atoms with Gasteiger partial charge in [-0.2, -0.15) is 5.26 Å². The number of carbonyl (C=O) groups excluding carboxylic acids is 3. The summed E-state index contributed by atoms with van der Waals surface area (Å²) in [5, 5.41) is 14.8. The summed E-state index contributed by atoms with van der Waals surface area (Å²) in [5.74, 6) is -1.22. The van der Waals surface area contributed by atoms with Gasteiger partial charge in [-0.3, -0.25) is 4.79 Å². The van der Waals surface area contributed by atoms with Crippen LogP contribution in [0.1, 0.15) is 51.3 Å². The highest BCUT2D eigenvalue weighted by Gasteiger charge is 2.39. The fourth-order valence-corrected chi connectivity index (χ4v) is 3.50. The Balaban J connectivity index is 2.35. The Kier molecular flexibility index (Phi) is 9.41. The predicted molar refractivity (Wildman–Crippen MR) is 131 cm³/mol. The first kappa shape index (κ1) is 27.4. The van der Waals surface area contributed by atoms with Gasteiger partial charge in [0.2, 0.25) is 5.91 Å². The average molecular weight is 480 g/mol. The fraction of sp³-hybridized carbons (Fsp3) is 0.407. The second-order valence-corrected chi connectivity index (χ2v) is 9.37. The number of hydrogen-bond acceptors (Lipinski definition) is 6. The SMILES string of the molecule is CCOC(=O)C(Cc1ccccc1C#N)NC(=O)C(C)(Cc1ccccc1)NC(=O)OC(C)(C)C. The molecule has 2 atom stereocenters. The van der Waals surface area contributed by atoms with Gasteiger partial charge in [-0.15, -0.1) is 0 Å². The smallest absolute Gasteiger partial charge is 0.408 e. The third kappa shape index (κ3) is 8.45. The van der Waals surface area contributed by atoms with Crippen LogP contribution in [0.5, 0.6) is 0 Å². The minimum absolute atomic E-state index is 0.0577. The summed E-state index contributed by atoms with van der Waals surface area (Å²) < 4.78 is 10.6. The molecular formula is C27H33N3O5. The van der Waals surface area contributed by atoms with Crippen molar-refractivity contribution in [2.75, 3.05) is 6.61 Å². The topological polar surface area (TPSA) is 118 Å². The van der Waals surface area contributed by atoms with E-state index in [9.17, 15) is 19.6 Å². The maximum atomic E-state index is 13.6. The molecule has 2 aromatic rings. The summed E-state index contributed by atoms with van der Waals surface area (Å²) in [5.41, 5.74) is -0.400.